The quantitative estimate of drug-likeness (QED) is 0.607. The molecule has 0 aliphatic carbocycles. The van der Waals surface area contributed by atoms with Crippen LogP contribution in [0.5, 0.6) is 0 Å². The fourth-order valence-corrected chi connectivity index (χ4v) is 2.69. The maximum absolute atomic E-state index is 6.44. The summed E-state index contributed by atoms with van der Waals surface area (Å²) in [5.41, 5.74) is 12.1. The molecule has 1 atom stereocenters. The minimum Gasteiger partial charge on any atom is -0.370 e. The number of rotatable bonds is 4. The molecule has 6 heteroatoms. The number of guanidine groups is 1. The van der Waals surface area contributed by atoms with Crippen molar-refractivity contribution in [3.05, 3.63) is 11.9 Å². The van der Waals surface area contributed by atoms with Crippen LogP contribution in [0.1, 0.15) is 40.5 Å². The lowest BCUT2D eigenvalue weighted by Gasteiger charge is -2.51. The van der Waals surface area contributed by atoms with Gasteiger partial charge in [-0.05, 0) is 38.3 Å². The van der Waals surface area contributed by atoms with E-state index in [9.17, 15) is 0 Å². The Morgan fingerprint density at radius 2 is 2.05 bits per heavy atom. The first kappa shape index (κ1) is 16.1. The van der Waals surface area contributed by atoms with E-state index in [1.54, 1.807) is 0 Å². The second-order valence-electron chi connectivity index (χ2n) is 7.87. The smallest absolute Gasteiger partial charge is 0.196 e. The highest BCUT2D eigenvalue weighted by atomic mass is 15.4. The summed E-state index contributed by atoms with van der Waals surface area (Å²) in [5.74, 6) is 1.38. The number of likely N-dealkylation sites (N-methyl/N-ethyl adjacent to an activating group) is 1. The maximum atomic E-state index is 6.44. The van der Waals surface area contributed by atoms with Crippen LogP contribution in [0.15, 0.2) is 16.9 Å². The molecular weight excluding hydrogens is 264 g/mol. The van der Waals surface area contributed by atoms with Gasteiger partial charge in [0.05, 0.1) is 5.54 Å². The van der Waals surface area contributed by atoms with Crippen molar-refractivity contribution in [2.75, 3.05) is 20.1 Å². The fraction of sp³-hybridized carbons (Fsp3) is 0.800. The zero-order valence-electron chi connectivity index (χ0n) is 14.0. The third-order valence-corrected chi connectivity index (χ3v) is 4.27. The number of hydrogen-bond donors (Lipinski definition) is 4. The molecule has 2 rings (SSSR count). The van der Waals surface area contributed by atoms with Gasteiger partial charge in [0, 0.05) is 13.1 Å². The normalized spacial score (nSPS) is 28.4. The lowest BCUT2D eigenvalue weighted by molar-refractivity contribution is 0.0880. The van der Waals surface area contributed by atoms with E-state index in [4.69, 9.17) is 11.5 Å². The molecule has 120 valence electrons. The van der Waals surface area contributed by atoms with Gasteiger partial charge in [-0.25, -0.2) is 4.99 Å². The average molecular weight is 294 g/mol. The summed E-state index contributed by atoms with van der Waals surface area (Å²) in [5, 5.41) is 6.47. The van der Waals surface area contributed by atoms with E-state index in [1.807, 2.05) is 13.1 Å². The molecule has 6 N–H and O–H groups in total. The summed E-state index contributed by atoms with van der Waals surface area (Å²) in [7, 11) is 1.99. The molecule has 0 bridgehead atoms. The van der Waals surface area contributed by atoms with Crippen molar-refractivity contribution >= 4 is 5.96 Å². The van der Waals surface area contributed by atoms with Crippen molar-refractivity contribution in [3.63, 3.8) is 0 Å². The number of nitrogens with zero attached hydrogens (tertiary/aromatic N) is 2. The van der Waals surface area contributed by atoms with Gasteiger partial charge >= 0.3 is 0 Å². The molecule has 1 unspecified atom stereocenters. The van der Waals surface area contributed by atoms with Gasteiger partial charge in [-0.2, -0.15) is 0 Å². The van der Waals surface area contributed by atoms with Gasteiger partial charge in [0.2, 0.25) is 0 Å². The molecule has 2 aliphatic rings. The Labute approximate surface area is 128 Å². The van der Waals surface area contributed by atoms with Crippen molar-refractivity contribution in [1.82, 2.24) is 15.5 Å². The van der Waals surface area contributed by atoms with Crippen LogP contribution in [-0.4, -0.2) is 42.2 Å². The van der Waals surface area contributed by atoms with Crippen LogP contribution >= 0.6 is 0 Å². The molecule has 0 aromatic heterocycles. The first-order chi connectivity index (χ1) is 9.54. The molecule has 0 aromatic carbocycles. The zero-order valence-corrected chi connectivity index (χ0v) is 14.0. The van der Waals surface area contributed by atoms with Gasteiger partial charge in [-0.1, -0.05) is 20.8 Å². The number of nitrogens with one attached hydrogen (secondary N) is 2. The van der Waals surface area contributed by atoms with Crippen molar-refractivity contribution < 1.29 is 0 Å². The van der Waals surface area contributed by atoms with E-state index in [1.165, 1.54) is 0 Å². The predicted octanol–water partition coefficient (Wildman–Crippen LogP) is 0.521. The Hall–Kier alpha value is -1.27. The van der Waals surface area contributed by atoms with Gasteiger partial charge in [-0.3, -0.25) is 0 Å². The lowest BCUT2D eigenvalue weighted by Crippen LogP contribution is -2.68. The molecule has 21 heavy (non-hydrogen) atoms. The number of hydrogen-bond acceptors (Lipinski definition) is 6. The van der Waals surface area contributed by atoms with E-state index in [0.717, 1.165) is 31.8 Å². The zero-order chi connectivity index (χ0) is 15.9. The van der Waals surface area contributed by atoms with Gasteiger partial charge in [-0.15, -0.1) is 0 Å². The summed E-state index contributed by atoms with van der Waals surface area (Å²) < 4.78 is 0. The molecule has 0 amide bonds. The Morgan fingerprint density at radius 1 is 1.43 bits per heavy atom. The molecule has 0 saturated carbocycles. The molecule has 1 fully saturated rings. The first-order valence-electron chi connectivity index (χ1n) is 7.62. The number of aliphatic imine (C=N–C) groups is 1. The molecule has 6 nitrogen and oxygen atoms in total. The molecule has 0 aromatic rings. The molecule has 0 radical (unpaired) electrons. The fourth-order valence-electron chi connectivity index (χ4n) is 2.69. The third-order valence-electron chi connectivity index (χ3n) is 4.27. The highest BCUT2D eigenvalue weighted by Crippen LogP contribution is 2.30. The minimum absolute atomic E-state index is 0.161. The van der Waals surface area contributed by atoms with E-state index < -0.39 is 5.66 Å². The summed E-state index contributed by atoms with van der Waals surface area (Å²) in [6, 6.07) is 0. The van der Waals surface area contributed by atoms with Gasteiger partial charge in [0.15, 0.2) is 5.96 Å². The lowest BCUT2D eigenvalue weighted by atomic mass is 9.86. The standard InChI is InChI=1S/C15H30N6/c1-13(2,3)6-7-15(17)8-11(19-12(16)20-15)21-9-14(4,10-21)18-5/h8,18H,6-7,9-10,17H2,1-5H3,(H3,16,19,20). The van der Waals surface area contributed by atoms with Gasteiger partial charge in [0.25, 0.3) is 0 Å². The molecular formula is C15H30N6. The molecule has 0 spiro atoms. The first-order valence-corrected chi connectivity index (χ1v) is 7.62. The number of nitrogens with two attached hydrogens (primary N) is 2. The largest absolute Gasteiger partial charge is 0.370 e. The van der Waals surface area contributed by atoms with Crippen LogP contribution in [0.3, 0.4) is 0 Å². The monoisotopic (exact) mass is 294 g/mol. The van der Waals surface area contributed by atoms with Crippen LogP contribution in [0.2, 0.25) is 0 Å². The van der Waals surface area contributed by atoms with Gasteiger partial charge < -0.3 is 27.0 Å². The van der Waals surface area contributed by atoms with E-state index in [2.05, 4.69) is 48.2 Å². The van der Waals surface area contributed by atoms with Crippen LogP contribution < -0.4 is 22.1 Å². The maximum Gasteiger partial charge on any atom is 0.196 e. The summed E-state index contributed by atoms with van der Waals surface area (Å²) in [6.07, 6.45) is 3.81. The topological polar surface area (TPSA) is 91.7 Å². The Balaban J connectivity index is 2.06. The summed E-state index contributed by atoms with van der Waals surface area (Å²) in [6.45, 7) is 10.7. The van der Waals surface area contributed by atoms with Crippen LogP contribution in [0, 0.1) is 5.41 Å². The molecule has 1 saturated heterocycles. The highest BCUT2D eigenvalue weighted by molar-refractivity contribution is 5.81. The van der Waals surface area contributed by atoms with Crippen molar-refractivity contribution in [2.45, 2.75) is 51.7 Å². The number of likely N-dealkylation sites (tertiary alicyclic amines) is 1. The summed E-state index contributed by atoms with van der Waals surface area (Å²) in [4.78, 5) is 6.65. The van der Waals surface area contributed by atoms with Gasteiger partial charge in [0.1, 0.15) is 11.5 Å². The third kappa shape index (κ3) is 3.89. The average Bonchev–Trinajstić information content (AvgIpc) is 2.31. The van der Waals surface area contributed by atoms with E-state index >= 15 is 0 Å². The Kier molecular flexibility index (Phi) is 3.97. The Bertz CT molecular complexity index is 455. The van der Waals surface area contributed by atoms with Crippen LogP contribution in [0.4, 0.5) is 0 Å². The van der Waals surface area contributed by atoms with Crippen LogP contribution in [0.25, 0.3) is 0 Å². The molecule has 2 aliphatic heterocycles. The minimum atomic E-state index is -0.705. The van der Waals surface area contributed by atoms with E-state index in [-0.39, 0.29) is 11.0 Å². The Morgan fingerprint density at radius 3 is 2.57 bits per heavy atom. The second-order valence-corrected chi connectivity index (χ2v) is 7.87. The predicted molar refractivity (Wildman–Crippen MR) is 87.5 cm³/mol. The highest BCUT2D eigenvalue weighted by Gasteiger charge is 2.40. The van der Waals surface area contributed by atoms with Crippen molar-refractivity contribution in [3.8, 4) is 0 Å². The molecule has 2 heterocycles. The summed E-state index contributed by atoms with van der Waals surface area (Å²) >= 11 is 0. The second kappa shape index (κ2) is 5.18. The van der Waals surface area contributed by atoms with E-state index in [0.29, 0.717) is 5.96 Å². The van der Waals surface area contributed by atoms with Crippen molar-refractivity contribution in [1.29, 1.82) is 0 Å². The van der Waals surface area contributed by atoms with Crippen LogP contribution in [-0.2, 0) is 0 Å². The SMILES string of the molecule is CNC1(C)CN(C2=CC(N)(CCC(C)(C)C)N=C(N)N2)C1. The van der Waals surface area contributed by atoms with Crippen molar-refractivity contribution in [2.24, 2.45) is 21.9 Å².